The number of nitrogens with zero attached hydrogens (tertiary/aromatic N) is 1. The number of nitrogens with one attached hydrogen (secondary N) is 1. The van der Waals surface area contributed by atoms with Gasteiger partial charge < -0.3 is 19.9 Å². The minimum absolute atomic E-state index is 0.0995. The van der Waals surface area contributed by atoms with E-state index in [9.17, 15) is 14.4 Å². The lowest BCUT2D eigenvalue weighted by molar-refractivity contribution is -0.155. The van der Waals surface area contributed by atoms with Crippen LogP contribution in [0, 0.1) is 10.8 Å². The Bertz CT molecular complexity index is 868. The summed E-state index contributed by atoms with van der Waals surface area (Å²) in [6, 6.07) is 10.6. The van der Waals surface area contributed by atoms with Crippen molar-refractivity contribution in [3.05, 3.63) is 35.9 Å². The first-order valence-electron chi connectivity index (χ1n) is 14.2. The number of carbonyl (C=O) groups is 3. The monoisotopic (exact) mass is 566 g/mol. The first-order chi connectivity index (χ1) is 18.7. The Kier molecular flexibility index (Phi) is 21.4. The van der Waals surface area contributed by atoms with Gasteiger partial charge in [-0.3, -0.25) is 14.4 Å². The van der Waals surface area contributed by atoms with E-state index in [-0.39, 0.29) is 38.3 Å². The van der Waals surface area contributed by atoms with E-state index >= 15 is 0 Å². The molecule has 0 radical (unpaired) electrons. The normalized spacial score (nSPS) is 12.0. The summed E-state index contributed by atoms with van der Waals surface area (Å²) in [5.41, 5.74) is 1.26. The predicted octanol–water partition coefficient (Wildman–Crippen LogP) is 6.64. The highest BCUT2D eigenvalue weighted by Gasteiger charge is 2.27. The van der Waals surface area contributed by atoms with Gasteiger partial charge in [0.1, 0.15) is 13.2 Å². The molecule has 1 aromatic rings. The minimum Gasteiger partial charge on any atom is -0.463 e. The maximum Gasteiger partial charge on any atom is 0.433 e. The number of aliphatic hydroxyl groups is 1. The molecule has 0 saturated heterocycles. The van der Waals surface area contributed by atoms with E-state index in [1.165, 1.54) is 12.0 Å². The summed E-state index contributed by atoms with van der Waals surface area (Å²) in [6.45, 7) is 19.6. The third kappa shape index (κ3) is 18.4. The van der Waals surface area contributed by atoms with Crippen molar-refractivity contribution in [3.63, 3.8) is 0 Å². The van der Waals surface area contributed by atoms with E-state index in [0.717, 1.165) is 18.6 Å². The highest BCUT2D eigenvalue weighted by molar-refractivity contribution is 5.82. The molecule has 1 unspecified atom stereocenters. The fourth-order valence-electron chi connectivity index (χ4n) is 2.35. The van der Waals surface area contributed by atoms with Gasteiger partial charge >= 0.3 is 18.0 Å². The number of hydrogen-bond acceptors (Lipinski definition) is 8. The van der Waals surface area contributed by atoms with Gasteiger partial charge in [-0.2, -0.15) is 0 Å². The molecule has 2 N–H and O–H groups in total. The summed E-state index contributed by atoms with van der Waals surface area (Å²) < 4.78 is 9.81. The van der Waals surface area contributed by atoms with Crippen molar-refractivity contribution in [2.24, 2.45) is 16.0 Å². The summed E-state index contributed by atoms with van der Waals surface area (Å²) in [5, 5.41) is 14.4. The maximum absolute atomic E-state index is 11.6. The van der Waals surface area contributed by atoms with Gasteiger partial charge in [-0.05, 0) is 71.8 Å². The van der Waals surface area contributed by atoms with Crippen molar-refractivity contribution in [2.75, 3.05) is 26.4 Å². The molecule has 0 bridgehead atoms. The number of ether oxygens (including phenoxy) is 2. The van der Waals surface area contributed by atoms with Crippen LogP contribution in [0.4, 0.5) is 4.79 Å². The molecule has 1 atom stereocenters. The van der Waals surface area contributed by atoms with Gasteiger partial charge in [0.05, 0.1) is 29.7 Å². The molecule has 0 aliphatic rings. The lowest BCUT2D eigenvalue weighted by Crippen LogP contribution is -2.31. The quantitative estimate of drug-likeness (QED) is 0.0902. The Hall–Kier alpha value is -2.94. The van der Waals surface area contributed by atoms with Crippen LogP contribution in [0.15, 0.2) is 35.5 Å². The summed E-state index contributed by atoms with van der Waals surface area (Å²) in [4.78, 5) is 38.5. The second-order valence-corrected chi connectivity index (χ2v) is 10.7. The molecule has 0 aliphatic carbocycles. The molecule has 1 rings (SSSR count). The largest absolute Gasteiger partial charge is 0.463 e. The number of rotatable bonds is 13. The van der Waals surface area contributed by atoms with Gasteiger partial charge in [0.15, 0.2) is 0 Å². The number of esters is 2. The third-order valence-corrected chi connectivity index (χ3v) is 6.58. The van der Waals surface area contributed by atoms with Gasteiger partial charge in [0.25, 0.3) is 0 Å². The van der Waals surface area contributed by atoms with Gasteiger partial charge in [-0.1, -0.05) is 70.1 Å². The molecular weight excluding hydrogens is 512 g/mol. The van der Waals surface area contributed by atoms with E-state index in [1.807, 2.05) is 48.5 Å². The van der Waals surface area contributed by atoms with Crippen molar-refractivity contribution >= 4 is 23.7 Å². The Morgan fingerprint density at radius 1 is 0.900 bits per heavy atom. The number of carbonyl (C=O) groups excluding carboxylic acids is 3. The molecule has 40 heavy (non-hydrogen) atoms. The lowest BCUT2D eigenvalue weighted by atomic mass is 9.91. The Morgan fingerprint density at radius 2 is 1.40 bits per heavy atom. The smallest absolute Gasteiger partial charge is 0.433 e. The van der Waals surface area contributed by atoms with Crippen LogP contribution in [0.1, 0.15) is 106 Å². The van der Waals surface area contributed by atoms with Gasteiger partial charge in [-0.15, -0.1) is 0 Å². The molecule has 9 nitrogen and oxygen atoms in total. The van der Waals surface area contributed by atoms with Crippen molar-refractivity contribution in [1.82, 2.24) is 5.32 Å². The minimum atomic E-state index is -0.654. The molecule has 230 valence electrons. The molecule has 0 spiro atoms. The summed E-state index contributed by atoms with van der Waals surface area (Å²) in [7, 11) is 0. The number of oxime groups is 1. The van der Waals surface area contributed by atoms with Crippen LogP contribution in [0.25, 0.3) is 0 Å². The van der Waals surface area contributed by atoms with Crippen LogP contribution >= 0.6 is 0 Å². The van der Waals surface area contributed by atoms with Gasteiger partial charge in [-0.25, -0.2) is 4.79 Å². The van der Waals surface area contributed by atoms with Crippen molar-refractivity contribution in [3.8, 4) is 0 Å². The topological polar surface area (TPSA) is 124 Å². The van der Waals surface area contributed by atoms with E-state index < -0.39 is 16.9 Å². The van der Waals surface area contributed by atoms with Crippen molar-refractivity contribution < 1.29 is 33.8 Å². The standard InChI is InChI=1S/C13H24N2O4.C10H14.C8H16O3/c1-6-10(3)15-19-12(17)14-8-9-18-11(16)13(4,5)7-2;1-3-9(2)10-7-5-4-6-8-10;1-4-8(2,3)7(10)11-6-5-9/h6-9H2,1-5H3,(H,14,17);4-9H,3H2,1-2H3;9H,4-6H2,1-3H3. The van der Waals surface area contributed by atoms with E-state index in [0.29, 0.717) is 12.3 Å². The number of aliphatic hydroxyl groups excluding tert-OH is 1. The second-order valence-electron chi connectivity index (χ2n) is 10.7. The molecule has 0 aromatic heterocycles. The maximum atomic E-state index is 11.6. The SMILES string of the molecule is CCC(C)(C)C(=O)OCCO.CCC(C)=NOC(=O)NCCOC(=O)C(C)(C)CC.CCC(C)c1ccccc1. The molecule has 0 saturated carbocycles. The van der Waals surface area contributed by atoms with Crippen molar-refractivity contribution in [1.29, 1.82) is 0 Å². The van der Waals surface area contributed by atoms with Crippen molar-refractivity contribution in [2.45, 2.75) is 101 Å². The molecule has 0 fully saturated rings. The van der Waals surface area contributed by atoms with Crippen LogP contribution in [0.3, 0.4) is 0 Å². The highest BCUT2D eigenvalue weighted by atomic mass is 16.7. The molecule has 1 amide bonds. The summed E-state index contributed by atoms with van der Waals surface area (Å²) in [5.74, 6) is 0.195. The zero-order valence-corrected chi connectivity index (χ0v) is 26.5. The van der Waals surface area contributed by atoms with Crippen LogP contribution in [-0.2, 0) is 23.9 Å². The van der Waals surface area contributed by atoms with Gasteiger partial charge in [0, 0.05) is 0 Å². The van der Waals surface area contributed by atoms with E-state index in [1.54, 1.807) is 6.92 Å². The highest BCUT2D eigenvalue weighted by Crippen LogP contribution is 2.22. The Morgan fingerprint density at radius 3 is 1.82 bits per heavy atom. The molecule has 1 aromatic carbocycles. The lowest BCUT2D eigenvalue weighted by Gasteiger charge is -2.20. The zero-order chi connectivity index (χ0) is 31.2. The number of benzene rings is 1. The summed E-state index contributed by atoms with van der Waals surface area (Å²) >= 11 is 0. The van der Waals surface area contributed by atoms with Crippen LogP contribution in [0.2, 0.25) is 0 Å². The van der Waals surface area contributed by atoms with E-state index in [4.69, 9.17) is 14.6 Å². The fraction of sp³-hybridized carbons (Fsp3) is 0.677. The molecular formula is C31H54N2O7. The second kappa shape index (κ2) is 21.8. The number of amides is 1. The predicted molar refractivity (Wildman–Crippen MR) is 160 cm³/mol. The Labute approximate surface area is 242 Å². The molecule has 0 aliphatic heterocycles. The third-order valence-electron chi connectivity index (χ3n) is 6.58. The Balaban J connectivity index is 0. The first-order valence-corrected chi connectivity index (χ1v) is 14.2. The van der Waals surface area contributed by atoms with Crippen LogP contribution in [-0.4, -0.2) is 55.2 Å². The average molecular weight is 567 g/mol. The first kappa shape index (κ1) is 39.2. The van der Waals surface area contributed by atoms with Gasteiger partial charge in [0.2, 0.25) is 0 Å². The van der Waals surface area contributed by atoms with Crippen LogP contribution in [0.5, 0.6) is 0 Å². The molecule has 0 heterocycles. The number of hydrogen-bond donors (Lipinski definition) is 2. The average Bonchev–Trinajstić information content (AvgIpc) is 2.97. The van der Waals surface area contributed by atoms with Crippen LogP contribution < -0.4 is 5.32 Å². The molecule has 9 heteroatoms. The summed E-state index contributed by atoms with van der Waals surface area (Å²) in [6.07, 6.45) is 2.74. The fourth-order valence-corrected chi connectivity index (χ4v) is 2.35. The zero-order valence-electron chi connectivity index (χ0n) is 26.5. The van der Waals surface area contributed by atoms with E-state index in [2.05, 4.69) is 59.5 Å².